The molecule has 0 fully saturated rings. The van der Waals surface area contributed by atoms with Crippen molar-refractivity contribution in [1.82, 2.24) is 14.5 Å². The van der Waals surface area contributed by atoms with Crippen LogP contribution in [0, 0.1) is 0 Å². The second-order valence-corrected chi connectivity index (χ2v) is 6.63. The predicted octanol–water partition coefficient (Wildman–Crippen LogP) is 3.58. The van der Waals surface area contributed by atoms with Crippen molar-refractivity contribution < 1.29 is 9.47 Å². The fourth-order valence-electron chi connectivity index (χ4n) is 2.99. The third kappa shape index (κ3) is 2.83. The third-order valence-electron chi connectivity index (χ3n) is 4.07. The molecule has 0 radical (unpaired) electrons. The highest BCUT2D eigenvalue weighted by Crippen LogP contribution is 2.33. The standard InChI is InChI=1S/C18H19N3O2S/c1-20(10-13-7-8-16-17(9-13)23-12-22-16)11-21-15-6-4-3-5-14(15)19-18(21)24-2/h3-9H,10-12H2,1-2H3. The van der Waals surface area contributed by atoms with E-state index in [1.165, 1.54) is 11.1 Å². The van der Waals surface area contributed by atoms with Crippen molar-refractivity contribution in [1.29, 1.82) is 0 Å². The molecule has 1 aliphatic rings. The quantitative estimate of drug-likeness (QED) is 0.664. The topological polar surface area (TPSA) is 39.5 Å². The Morgan fingerprint density at radius 2 is 2.00 bits per heavy atom. The lowest BCUT2D eigenvalue weighted by atomic mass is 10.2. The van der Waals surface area contributed by atoms with Crippen LogP contribution in [0.2, 0.25) is 0 Å². The number of fused-ring (bicyclic) bond motifs is 2. The van der Waals surface area contributed by atoms with E-state index in [1.54, 1.807) is 11.8 Å². The largest absolute Gasteiger partial charge is 0.454 e. The molecule has 3 aromatic rings. The summed E-state index contributed by atoms with van der Waals surface area (Å²) in [7, 11) is 2.11. The SMILES string of the molecule is CSc1nc2ccccc2n1CN(C)Cc1ccc2c(c1)OCO2. The van der Waals surface area contributed by atoms with Crippen LogP contribution in [0.25, 0.3) is 11.0 Å². The molecule has 0 bridgehead atoms. The molecule has 5 nitrogen and oxygen atoms in total. The lowest BCUT2D eigenvalue weighted by Gasteiger charge is -2.19. The Labute approximate surface area is 145 Å². The monoisotopic (exact) mass is 341 g/mol. The Kier molecular flexibility index (Phi) is 4.08. The van der Waals surface area contributed by atoms with Gasteiger partial charge in [-0.05, 0) is 43.1 Å². The maximum absolute atomic E-state index is 5.46. The first-order valence-electron chi connectivity index (χ1n) is 7.81. The molecule has 1 aromatic heterocycles. The number of nitrogens with zero attached hydrogens (tertiary/aromatic N) is 3. The average molecular weight is 341 g/mol. The number of ether oxygens (including phenoxy) is 2. The van der Waals surface area contributed by atoms with Gasteiger partial charge < -0.3 is 14.0 Å². The molecule has 24 heavy (non-hydrogen) atoms. The van der Waals surface area contributed by atoms with Gasteiger partial charge in [0.1, 0.15) is 0 Å². The predicted molar refractivity (Wildman–Crippen MR) is 95.5 cm³/mol. The van der Waals surface area contributed by atoms with Gasteiger partial charge in [0.05, 0.1) is 17.7 Å². The zero-order chi connectivity index (χ0) is 16.5. The van der Waals surface area contributed by atoms with Crippen LogP contribution in [0.1, 0.15) is 5.56 Å². The number of benzene rings is 2. The van der Waals surface area contributed by atoms with E-state index < -0.39 is 0 Å². The number of hydrogen-bond acceptors (Lipinski definition) is 5. The van der Waals surface area contributed by atoms with Crippen LogP contribution in [0.15, 0.2) is 47.6 Å². The van der Waals surface area contributed by atoms with Gasteiger partial charge in [-0.3, -0.25) is 4.90 Å². The summed E-state index contributed by atoms with van der Waals surface area (Å²) in [5.74, 6) is 1.66. The summed E-state index contributed by atoms with van der Waals surface area (Å²) < 4.78 is 13.1. The van der Waals surface area contributed by atoms with Crippen LogP contribution in [0.5, 0.6) is 11.5 Å². The van der Waals surface area contributed by atoms with Crippen LogP contribution in [0.4, 0.5) is 0 Å². The number of hydrogen-bond donors (Lipinski definition) is 0. The van der Waals surface area contributed by atoms with Crippen molar-refractivity contribution in [3.63, 3.8) is 0 Å². The molecular weight excluding hydrogens is 322 g/mol. The highest BCUT2D eigenvalue weighted by atomic mass is 32.2. The first-order valence-corrected chi connectivity index (χ1v) is 9.03. The molecule has 0 saturated carbocycles. The fourth-order valence-corrected chi connectivity index (χ4v) is 3.55. The van der Waals surface area contributed by atoms with Gasteiger partial charge in [-0.1, -0.05) is 30.0 Å². The summed E-state index contributed by atoms with van der Waals surface area (Å²) in [5, 5.41) is 1.04. The van der Waals surface area contributed by atoms with Crippen molar-refractivity contribution >= 4 is 22.8 Å². The molecular formula is C18H19N3O2S. The van der Waals surface area contributed by atoms with Crippen LogP contribution in [-0.4, -0.2) is 34.5 Å². The molecule has 0 saturated heterocycles. The minimum Gasteiger partial charge on any atom is -0.454 e. The Morgan fingerprint density at radius 3 is 2.88 bits per heavy atom. The molecule has 124 valence electrons. The molecule has 0 spiro atoms. The molecule has 0 atom stereocenters. The second kappa shape index (κ2) is 6.37. The van der Waals surface area contributed by atoms with Gasteiger partial charge in [0.25, 0.3) is 0 Å². The van der Waals surface area contributed by atoms with Gasteiger partial charge in [-0.15, -0.1) is 0 Å². The Morgan fingerprint density at radius 1 is 1.17 bits per heavy atom. The van der Waals surface area contributed by atoms with E-state index in [-0.39, 0.29) is 0 Å². The van der Waals surface area contributed by atoms with Gasteiger partial charge in [0, 0.05) is 6.54 Å². The number of thioether (sulfide) groups is 1. The minimum absolute atomic E-state index is 0.312. The van der Waals surface area contributed by atoms with E-state index in [2.05, 4.69) is 53.1 Å². The van der Waals surface area contributed by atoms with Crippen molar-refractivity contribution in [3.05, 3.63) is 48.0 Å². The van der Waals surface area contributed by atoms with Crippen LogP contribution >= 0.6 is 11.8 Å². The third-order valence-corrected chi connectivity index (χ3v) is 4.75. The molecule has 0 aliphatic carbocycles. The van der Waals surface area contributed by atoms with E-state index in [0.717, 1.165) is 35.4 Å². The zero-order valence-electron chi connectivity index (χ0n) is 13.7. The van der Waals surface area contributed by atoms with Gasteiger partial charge in [0.2, 0.25) is 6.79 Å². The lowest BCUT2D eigenvalue weighted by Crippen LogP contribution is -2.22. The molecule has 0 unspecified atom stereocenters. The molecule has 6 heteroatoms. The number of aromatic nitrogens is 2. The molecule has 1 aliphatic heterocycles. The van der Waals surface area contributed by atoms with E-state index >= 15 is 0 Å². The highest BCUT2D eigenvalue weighted by Gasteiger charge is 2.15. The molecule has 2 aromatic carbocycles. The van der Waals surface area contributed by atoms with E-state index in [4.69, 9.17) is 14.5 Å². The van der Waals surface area contributed by atoms with Crippen LogP contribution in [0.3, 0.4) is 0 Å². The number of rotatable bonds is 5. The van der Waals surface area contributed by atoms with Crippen LogP contribution < -0.4 is 9.47 Å². The average Bonchev–Trinajstić information content (AvgIpc) is 3.19. The molecule has 2 heterocycles. The molecule has 4 rings (SSSR count). The summed E-state index contributed by atoms with van der Waals surface area (Å²) >= 11 is 1.67. The Balaban J connectivity index is 1.55. The zero-order valence-corrected chi connectivity index (χ0v) is 14.5. The second-order valence-electron chi connectivity index (χ2n) is 5.86. The van der Waals surface area contributed by atoms with E-state index in [9.17, 15) is 0 Å². The number of para-hydroxylation sites is 2. The Hall–Kier alpha value is -2.18. The fraction of sp³-hybridized carbons (Fsp3) is 0.278. The maximum Gasteiger partial charge on any atom is 0.231 e. The Bertz CT molecular complexity index is 878. The summed E-state index contributed by atoms with van der Waals surface area (Å²) in [4.78, 5) is 6.97. The van der Waals surface area contributed by atoms with Crippen molar-refractivity contribution in [3.8, 4) is 11.5 Å². The maximum atomic E-state index is 5.46. The summed E-state index contributed by atoms with van der Waals surface area (Å²) in [5.41, 5.74) is 3.41. The van der Waals surface area contributed by atoms with E-state index in [1.807, 2.05) is 12.1 Å². The molecule has 0 N–H and O–H groups in total. The summed E-state index contributed by atoms with van der Waals surface area (Å²) in [6.07, 6.45) is 2.07. The van der Waals surface area contributed by atoms with Gasteiger partial charge in [0.15, 0.2) is 16.7 Å². The number of imidazole rings is 1. The lowest BCUT2D eigenvalue weighted by molar-refractivity contribution is 0.174. The summed E-state index contributed by atoms with van der Waals surface area (Å²) in [6.45, 7) is 1.93. The van der Waals surface area contributed by atoms with Gasteiger partial charge in [-0.25, -0.2) is 4.98 Å². The van der Waals surface area contributed by atoms with Crippen molar-refractivity contribution in [2.24, 2.45) is 0 Å². The van der Waals surface area contributed by atoms with E-state index in [0.29, 0.717) is 6.79 Å². The van der Waals surface area contributed by atoms with Crippen LogP contribution in [-0.2, 0) is 13.2 Å². The van der Waals surface area contributed by atoms with Crippen molar-refractivity contribution in [2.75, 3.05) is 20.1 Å². The minimum atomic E-state index is 0.312. The highest BCUT2D eigenvalue weighted by molar-refractivity contribution is 7.98. The van der Waals surface area contributed by atoms with Gasteiger partial charge >= 0.3 is 0 Å². The normalized spacial score (nSPS) is 13.1. The smallest absolute Gasteiger partial charge is 0.231 e. The first kappa shape index (κ1) is 15.4. The first-order chi connectivity index (χ1) is 11.7. The summed E-state index contributed by atoms with van der Waals surface area (Å²) in [6, 6.07) is 14.4. The van der Waals surface area contributed by atoms with Crippen molar-refractivity contribution in [2.45, 2.75) is 18.4 Å². The molecule has 0 amide bonds. The van der Waals surface area contributed by atoms with Gasteiger partial charge in [-0.2, -0.15) is 0 Å².